The van der Waals surface area contributed by atoms with Gasteiger partial charge in [0, 0.05) is 5.39 Å². The molecule has 0 atom stereocenters. The standard InChI is InChI=1S/C18H14ClN3O2/c19-15-7-3-2-6-14(15)18(24)21-11-17(23)22-13-9-12-5-1-4-8-16(12)20-10-13/h1-10H,11H2,(H,21,24)(H,22,23). The normalized spacial score (nSPS) is 10.4. The van der Waals surface area contributed by atoms with Gasteiger partial charge in [0.15, 0.2) is 0 Å². The van der Waals surface area contributed by atoms with Gasteiger partial charge < -0.3 is 10.6 Å². The van der Waals surface area contributed by atoms with Gasteiger partial charge in [0.05, 0.1) is 34.5 Å². The van der Waals surface area contributed by atoms with Crippen LogP contribution in [-0.2, 0) is 4.79 Å². The number of para-hydroxylation sites is 1. The van der Waals surface area contributed by atoms with E-state index in [-0.39, 0.29) is 12.5 Å². The van der Waals surface area contributed by atoms with Crippen LogP contribution in [0.3, 0.4) is 0 Å². The van der Waals surface area contributed by atoms with Gasteiger partial charge in [-0.3, -0.25) is 14.6 Å². The minimum atomic E-state index is -0.396. The molecule has 1 heterocycles. The van der Waals surface area contributed by atoms with Crippen molar-refractivity contribution in [3.63, 3.8) is 0 Å². The molecule has 3 aromatic rings. The first-order chi connectivity index (χ1) is 11.6. The number of benzene rings is 2. The molecular formula is C18H14ClN3O2. The Kier molecular flexibility index (Phi) is 4.72. The second kappa shape index (κ2) is 7.10. The number of rotatable bonds is 4. The third kappa shape index (κ3) is 3.70. The summed E-state index contributed by atoms with van der Waals surface area (Å²) in [4.78, 5) is 28.3. The van der Waals surface area contributed by atoms with Gasteiger partial charge in [-0.1, -0.05) is 41.9 Å². The summed E-state index contributed by atoms with van der Waals surface area (Å²) in [7, 11) is 0. The van der Waals surface area contributed by atoms with E-state index >= 15 is 0 Å². The molecule has 24 heavy (non-hydrogen) atoms. The number of fused-ring (bicyclic) bond motifs is 1. The first-order valence-electron chi connectivity index (χ1n) is 7.31. The highest BCUT2D eigenvalue weighted by Crippen LogP contribution is 2.16. The summed E-state index contributed by atoms with van der Waals surface area (Å²) in [5, 5.41) is 6.52. The lowest BCUT2D eigenvalue weighted by Gasteiger charge is -2.08. The lowest BCUT2D eigenvalue weighted by atomic mass is 10.2. The van der Waals surface area contributed by atoms with Crippen LogP contribution >= 0.6 is 11.6 Å². The zero-order valence-electron chi connectivity index (χ0n) is 12.6. The molecule has 120 valence electrons. The molecule has 0 radical (unpaired) electrons. The number of nitrogens with one attached hydrogen (secondary N) is 2. The predicted octanol–water partition coefficient (Wildman–Crippen LogP) is 3.26. The molecule has 2 N–H and O–H groups in total. The first kappa shape index (κ1) is 16.0. The molecule has 2 amide bonds. The van der Waals surface area contributed by atoms with E-state index in [0.29, 0.717) is 16.3 Å². The number of hydrogen-bond donors (Lipinski definition) is 2. The Labute approximate surface area is 143 Å². The highest BCUT2D eigenvalue weighted by atomic mass is 35.5. The van der Waals surface area contributed by atoms with Crippen LogP contribution < -0.4 is 10.6 Å². The van der Waals surface area contributed by atoms with Crippen LogP contribution in [0, 0.1) is 0 Å². The highest BCUT2D eigenvalue weighted by Gasteiger charge is 2.11. The molecule has 0 spiro atoms. The van der Waals surface area contributed by atoms with Crippen LogP contribution in [0.25, 0.3) is 10.9 Å². The van der Waals surface area contributed by atoms with Gasteiger partial charge in [-0.15, -0.1) is 0 Å². The monoisotopic (exact) mass is 339 g/mol. The van der Waals surface area contributed by atoms with Crippen LogP contribution in [0.5, 0.6) is 0 Å². The zero-order valence-corrected chi connectivity index (χ0v) is 13.4. The Balaban J connectivity index is 1.61. The molecule has 0 unspecified atom stereocenters. The molecule has 0 aliphatic rings. The summed E-state index contributed by atoms with van der Waals surface area (Å²) < 4.78 is 0. The van der Waals surface area contributed by atoms with Crippen LogP contribution in [0.2, 0.25) is 5.02 Å². The molecule has 1 aromatic heterocycles. The summed E-state index contributed by atoms with van der Waals surface area (Å²) in [6.07, 6.45) is 1.58. The van der Waals surface area contributed by atoms with E-state index in [0.717, 1.165) is 10.9 Å². The van der Waals surface area contributed by atoms with Gasteiger partial charge in [-0.2, -0.15) is 0 Å². The van der Waals surface area contributed by atoms with Crippen molar-refractivity contribution >= 4 is 40.0 Å². The van der Waals surface area contributed by atoms with Crippen molar-refractivity contribution in [2.75, 3.05) is 11.9 Å². The van der Waals surface area contributed by atoms with Crippen LogP contribution in [0.4, 0.5) is 5.69 Å². The number of carbonyl (C=O) groups excluding carboxylic acids is 2. The summed E-state index contributed by atoms with van der Waals surface area (Å²) in [6, 6.07) is 16.1. The molecule has 6 heteroatoms. The van der Waals surface area contributed by atoms with Gasteiger partial charge in [0.2, 0.25) is 5.91 Å². The second-order valence-electron chi connectivity index (χ2n) is 5.13. The number of anilines is 1. The summed E-state index contributed by atoms with van der Waals surface area (Å²) in [6.45, 7) is -0.156. The number of hydrogen-bond acceptors (Lipinski definition) is 3. The molecule has 0 fully saturated rings. The minimum Gasteiger partial charge on any atom is -0.343 e. The number of pyridine rings is 1. The Morgan fingerprint density at radius 3 is 2.62 bits per heavy atom. The average molecular weight is 340 g/mol. The van der Waals surface area contributed by atoms with Crippen molar-refractivity contribution in [1.29, 1.82) is 0 Å². The fourth-order valence-electron chi connectivity index (χ4n) is 2.25. The molecule has 0 aliphatic heterocycles. The van der Waals surface area contributed by atoms with Crippen molar-refractivity contribution in [2.24, 2.45) is 0 Å². The van der Waals surface area contributed by atoms with Crippen molar-refractivity contribution < 1.29 is 9.59 Å². The summed E-state index contributed by atoms with van der Waals surface area (Å²) >= 11 is 5.95. The van der Waals surface area contributed by atoms with Gasteiger partial charge >= 0.3 is 0 Å². The lowest BCUT2D eigenvalue weighted by Crippen LogP contribution is -2.33. The van der Waals surface area contributed by atoms with Crippen molar-refractivity contribution in [2.45, 2.75) is 0 Å². The third-order valence-electron chi connectivity index (χ3n) is 3.40. The number of nitrogens with zero attached hydrogens (tertiary/aromatic N) is 1. The average Bonchev–Trinajstić information content (AvgIpc) is 2.60. The predicted molar refractivity (Wildman–Crippen MR) is 94.2 cm³/mol. The molecule has 0 bridgehead atoms. The maximum Gasteiger partial charge on any atom is 0.253 e. The van der Waals surface area contributed by atoms with Gasteiger partial charge in [0.25, 0.3) is 5.91 Å². The Bertz CT molecular complexity index is 911. The molecule has 3 rings (SSSR count). The van der Waals surface area contributed by atoms with E-state index in [9.17, 15) is 9.59 Å². The molecule has 5 nitrogen and oxygen atoms in total. The number of amides is 2. The van der Waals surface area contributed by atoms with Crippen molar-refractivity contribution in [3.05, 3.63) is 71.4 Å². The Morgan fingerprint density at radius 2 is 1.79 bits per heavy atom. The number of carbonyl (C=O) groups is 2. The largest absolute Gasteiger partial charge is 0.343 e. The number of aromatic nitrogens is 1. The van der Waals surface area contributed by atoms with Crippen molar-refractivity contribution in [1.82, 2.24) is 10.3 Å². The summed E-state index contributed by atoms with van der Waals surface area (Å²) in [5.41, 5.74) is 1.76. The molecule has 2 aromatic carbocycles. The van der Waals surface area contributed by atoms with Gasteiger partial charge in [0.1, 0.15) is 0 Å². The summed E-state index contributed by atoms with van der Waals surface area (Å²) in [5.74, 6) is -0.736. The fraction of sp³-hybridized carbons (Fsp3) is 0.0556. The van der Waals surface area contributed by atoms with E-state index in [1.807, 2.05) is 30.3 Å². The number of halogens is 1. The lowest BCUT2D eigenvalue weighted by molar-refractivity contribution is -0.115. The van der Waals surface area contributed by atoms with E-state index < -0.39 is 5.91 Å². The topological polar surface area (TPSA) is 71.1 Å². The highest BCUT2D eigenvalue weighted by molar-refractivity contribution is 6.33. The van der Waals surface area contributed by atoms with E-state index in [4.69, 9.17) is 11.6 Å². The Hall–Kier alpha value is -2.92. The Morgan fingerprint density at radius 1 is 1.04 bits per heavy atom. The maximum absolute atomic E-state index is 12.0. The van der Waals surface area contributed by atoms with E-state index in [2.05, 4.69) is 15.6 Å². The molecule has 0 saturated heterocycles. The molecule has 0 saturated carbocycles. The smallest absolute Gasteiger partial charge is 0.253 e. The zero-order chi connectivity index (χ0) is 16.9. The maximum atomic E-state index is 12.0. The van der Waals surface area contributed by atoms with E-state index in [1.54, 1.807) is 30.5 Å². The SMILES string of the molecule is O=C(CNC(=O)c1ccccc1Cl)Nc1cnc2ccccc2c1. The third-order valence-corrected chi connectivity index (χ3v) is 3.73. The first-order valence-corrected chi connectivity index (χ1v) is 7.68. The van der Waals surface area contributed by atoms with Crippen molar-refractivity contribution in [3.8, 4) is 0 Å². The second-order valence-corrected chi connectivity index (χ2v) is 5.53. The van der Waals surface area contributed by atoms with Gasteiger partial charge in [-0.25, -0.2) is 0 Å². The quantitative estimate of drug-likeness (QED) is 0.766. The van der Waals surface area contributed by atoms with E-state index in [1.165, 1.54) is 0 Å². The molecular weight excluding hydrogens is 326 g/mol. The van der Waals surface area contributed by atoms with Crippen LogP contribution in [-0.4, -0.2) is 23.3 Å². The van der Waals surface area contributed by atoms with Crippen LogP contribution in [0.1, 0.15) is 10.4 Å². The van der Waals surface area contributed by atoms with Gasteiger partial charge in [-0.05, 0) is 24.3 Å². The minimum absolute atomic E-state index is 0.156. The molecule has 0 aliphatic carbocycles. The van der Waals surface area contributed by atoms with Crippen LogP contribution in [0.15, 0.2) is 60.8 Å². The fourth-order valence-corrected chi connectivity index (χ4v) is 2.47.